The molecule has 1 aliphatic rings. The quantitative estimate of drug-likeness (QED) is 0.794. The van der Waals surface area contributed by atoms with Gasteiger partial charge >= 0.3 is 0 Å². The minimum Gasteiger partial charge on any atom is -0.332 e. The molecule has 7 nitrogen and oxygen atoms in total. The summed E-state index contributed by atoms with van der Waals surface area (Å²) in [6, 6.07) is 0. The highest BCUT2D eigenvalue weighted by Gasteiger charge is 2.39. The molecular formula is C13H14N6OS. The average Bonchev–Trinajstić information content (AvgIpc) is 3.14. The second-order valence-corrected chi connectivity index (χ2v) is 6.23. The van der Waals surface area contributed by atoms with Crippen molar-refractivity contribution in [3.8, 4) is 22.2 Å². The van der Waals surface area contributed by atoms with Crippen LogP contribution in [0.2, 0.25) is 0 Å². The molecule has 0 unspecified atom stereocenters. The summed E-state index contributed by atoms with van der Waals surface area (Å²) in [5.74, 6) is 1.01. The SMILES string of the molecule is Cn1cc(-c2nc(-c3nc(C4(N)CCC4)no3)cs2)cn1. The molecule has 3 aromatic rings. The van der Waals surface area contributed by atoms with Gasteiger partial charge in [0.15, 0.2) is 5.82 Å². The Morgan fingerprint density at radius 1 is 1.38 bits per heavy atom. The van der Waals surface area contributed by atoms with E-state index >= 15 is 0 Å². The second-order valence-electron chi connectivity index (χ2n) is 5.37. The zero-order valence-electron chi connectivity index (χ0n) is 11.5. The highest BCUT2D eigenvalue weighted by Crippen LogP contribution is 2.38. The fourth-order valence-corrected chi connectivity index (χ4v) is 3.12. The molecule has 8 heteroatoms. The maximum atomic E-state index is 6.20. The van der Waals surface area contributed by atoms with Crippen LogP contribution in [0.3, 0.4) is 0 Å². The van der Waals surface area contributed by atoms with Crippen molar-refractivity contribution in [3.05, 3.63) is 23.6 Å². The standard InChI is InChI=1S/C13H14N6OS/c1-19-6-8(5-15-19)11-16-9(7-21-11)10-17-12(18-20-10)13(14)3-2-4-13/h5-7H,2-4,14H2,1H3. The topological polar surface area (TPSA) is 95.7 Å². The first-order valence-corrected chi connectivity index (χ1v) is 7.60. The van der Waals surface area contributed by atoms with Gasteiger partial charge in [-0.3, -0.25) is 4.68 Å². The summed E-state index contributed by atoms with van der Waals surface area (Å²) in [5, 5.41) is 10.9. The molecule has 0 radical (unpaired) electrons. The van der Waals surface area contributed by atoms with Gasteiger partial charge in [-0.2, -0.15) is 10.1 Å². The van der Waals surface area contributed by atoms with Crippen LogP contribution in [0.15, 0.2) is 22.3 Å². The van der Waals surface area contributed by atoms with Crippen LogP contribution in [0.25, 0.3) is 22.2 Å². The summed E-state index contributed by atoms with van der Waals surface area (Å²) in [7, 11) is 1.88. The lowest BCUT2D eigenvalue weighted by molar-refractivity contribution is 0.229. The Morgan fingerprint density at radius 3 is 2.90 bits per heavy atom. The van der Waals surface area contributed by atoms with Crippen LogP contribution in [0.5, 0.6) is 0 Å². The molecule has 4 rings (SSSR count). The zero-order chi connectivity index (χ0) is 14.4. The lowest BCUT2D eigenvalue weighted by Crippen LogP contribution is -2.44. The Bertz CT molecular complexity index is 784. The van der Waals surface area contributed by atoms with Crippen molar-refractivity contribution < 1.29 is 4.52 Å². The van der Waals surface area contributed by atoms with E-state index in [1.54, 1.807) is 10.9 Å². The highest BCUT2D eigenvalue weighted by atomic mass is 32.1. The number of nitrogens with zero attached hydrogens (tertiary/aromatic N) is 5. The molecule has 21 heavy (non-hydrogen) atoms. The lowest BCUT2D eigenvalue weighted by Gasteiger charge is -2.34. The number of thiazole rings is 1. The molecule has 108 valence electrons. The van der Waals surface area contributed by atoms with Gasteiger partial charge in [-0.1, -0.05) is 5.16 Å². The predicted octanol–water partition coefficient (Wildman–Crippen LogP) is 1.93. The largest absolute Gasteiger partial charge is 0.332 e. The Hall–Kier alpha value is -2.06. The van der Waals surface area contributed by atoms with Crippen molar-refractivity contribution in [1.29, 1.82) is 0 Å². The number of rotatable bonds is 3. The number of aryl methyl sites for hydroxylation is 1. The number of nitrogens with two attached hydrogens (primary N) is 1. The van der Waals surface area contributed by atoms with Gasteiger partial charge in [0.2, 0.25) is 0 Å². The summed E-state index contributed by atoms with van der Waals surface area (Å²) in [4.78, 5) is 8.94. The molecule has 0 saturated heterocycles. The van der Waals surface area contributed by atoms with E-state index in [-0.39, 0.29) is 0 Å². The molecule has 1 saturated carbocycles. The Kier molecular flexibility index (Phi) is 2.69. The fourth-order valence-electron chi connectivity index (χ4n) is 2.35. The van der Waals surface area contributed by atoms with Crippen LogP contribution < -0.4 is 5.73 Å². The summed E-state index contributed by atoms with van der Waals surface area (Å²) in [5.41, 5.74) is 7.44. The van der Waals surface area contributed by atoms with E-state index in [1.807, 2.05) is 18.6 Å². The van der Waals surface area contributed by atoms with Gasteiger partial charge < -0.3 is 10.3 Å². The molecule has 1 aliphatic carbocycles. The van der Waals surface area contributed by atoms with Gasteiger partial charge in [0.1, 0.15) is 10.7 Å². The number of hydrogen-bond acceptors (Lipinski definition) is 7. The van der Waals surface area contributed by atoms with E-state index in [4.69, 9.17) is 10.3 Å². The summed E-state index contributed by atoms with van der Waals surface area (Å²) in [6.45, 7) is 0. The lowest BCUT2D eigenvalue weighted by atomic mass is 9.77. The molecule has 0 spiro atoms. The summed E-state index contributed by atoms with van der Waals surface area (Å²) in [6.07, 6.45) is 6.63. The molecule has 2 N–H and O–H groups in total. The van der Waals surface area contributed by atoms with Crippen molar-refractivity contribution in [2.75, 3.05) is 0 Å². The summed E-state index contributed by atoms with van der Waals surface area (Å²) < 4.78 is 7.06. The van der Waals surface area contributed by atoms with Crippen molar-refractivity contribution >= 4 is 11.3 Å². The van der Waals surface area contributed by atoms with E-state index in [0.29, 0.717) is 17.4 Å². The first kappa shape index (κ1) is 12.7. The average molecular weight is 302 g/mol. The zero-order valence-corrected chi connectivity index (χ0v) is 12.3. The van der Waals surface area contributed by atoms with Crippen LogP contribution in [0, 0.1) is 0 Å². The molecule has 0 bridgehead atoms. The van der Waals surface area contributed by atoms with Crippen LogP contribution in [0.1, 0.15) is 25.1 Å². The molecule has 3 heterocycles. The van der Waals surface area contributed by atoms with Crippen molar-refractivity contribution in [2.24, 2.45) is 12.8 Å². The first-order valence-electron chi connectivity index (χ1n) is 6.72. The van der Waals surface area contributed by atoms with Gasteiger partial charge in [0, 0.05) is 24.2 Å². The Labute approximate surface area is 124 Å². The van der Waals surface area contributed by atoms with Crippen LogP contribution in [0.4, 0.5) is 0 Å². The van der Waals surface area contributed by atoms with E-state index < -0.39 is 5.54 Å². The van der Waals surface area contributed by atoms with E-state index in [2.05, 4.69) is 20.2 Å². The van der Waals surface area contributed by atoms with Gasteiger partial charge in [0.05, 0.1) is 11.7 Å². The fraction of sp³-hybridized carbons (Fsp3) is 0.385. The monoisotopic (exact) mass is 302 g/mol. The number of aromatic nitrogens is 5. The van der Waals surface area contributed by atoms with E-state index in [1.165, 1.54) is 11.3 Å². The van der Waals surface area contributed by atoms with Crippen molar-refractivity contribution in [2.45, 2.75) is 24.8 Å². The Morgan fingerprint density at radius 2 is 2.24 bits per heavy atom. The maximum Gasteiger partial charge on any atom is 0.277 e. The molecule has 1 fully saturated rings. The Balaban J connectivity index is 1.64. The van der Waals surface area contributed by atoms with Crippen molar-refractivity contribution in [3.63, 3.8) is 0 Å². The van der Waals surface area contributed by atoms with Gasteiger partial charge in [-0.05, 0) is 19.3 Å². The van der Waals surface area contributed by atoms with Gasteiger partial charge in [0.25, 0.3) is 5.89 Å². The molecule has 3 aromatic heterocycles. The van der Waals surface area contributed by atoms with Gasteiger partial charge in [-0.25, -0.2) is 4.98 Å². The van der Waals surface area contributed by atoms with Crippen LogP contribution in [-0.4, -0.2) is 24.9 Å². The minimum atomic E-state index is -0.413. The van der Waals surface area contributed by atoms with E-state index in [9.17, 15) is 0 Å². The molecular weight excluding hydrogens is 288 g/mol. The van der Waals surface area contributed by atoms with Gasteiger partial charge in [-0.15, -0.1) is 11.3 Å². The normalized spacial score (nSPS) is 16.9. The highest BCUT2D eigenvalue weighted by molar-refractivity contribution is 7.13. The van der Waals surface area contributed by atoms with Crippen LogP contribution >= 0.6 is 11.3 Å². The number of hydrogen-bond donors (Lipinski definition) is 1. The molecule has 0 aliphatic heterocycles. The molecule has 0 aromatic carbocycles. The predicted molar refractivity (Wildman–Crippen MR) is 77.3 cm³/mol. The third-order valence-corrected chi connectivity index (χ3v) is 4.68. The molecule has 0 amide bonds. The third kappa shape index (κ3) is 2.07. The minimum absolute atomic E-state index is 0.413. The summed E-state index contributed by atoms with van der Waals surface area (Å²) >= 11 is 1.52. The third-order valence-electron chi connectivity index (χ3n) is 3.79. The smallest absolute Gasteiger partial charge is 0.277 e. The maximum absolute atomic E-state index is 6.20. The second kappa shape index (κ2) is 4.47. The molecule has 0 atom stereocenters. The van der Waals surface area contributed by atoms with E-state index in [0.717, 1.165) is 29.8 Å². The van der Waals surface area contributed by atoms with Crippen LogP contribution in [-0.2, 0) is 12.6 Å². The first-order chi connectivity index (χ1) is 10.1. The van der Waals surface area contributed by atoms with Crippen molar-refractivity contribution in [1.82, 2.24) is 24.9 Å².